The number of hydrogen-bond acceptors (Lipinski definition) is 2. The molecule has 6 heteroatoms. The second-order valence-corrected chi connectivity index (χ2v) is 5.01. The Bertz CT molecular complexity index is 487. The molecule has 3 N–H and O–H groups in total. The quantitative estimate of drug-likeness (QED) is 0.762. The van der Waals surface area contributed by atoms with E-state index in [4.69, 9.17) is 10.8 Å². The van der Waals surface area contributed by atoms with Crippen molar-refractivity contribution in [2.45, 2.75) is 32.4 Å². The van der Waals surface area contributed by atoms with Gasteiger partial charge < -0.3 is 10.8 Å². The van der Waals surface area contributed by atoms with E-state index in [1.165, 1.54) is 6.07 Å². The smallest absolute Gasteiger partial charge is 0.417 e. The number of carboxylic acid groups (broad SMARTS) is 1. The van der Waals surface area contributed by atoms with E-state index in [-0.39, 0.29) is 11.3 Å². The molecule has 1 aromatic carbocycles. The number of aromatic carboxylic acids is 1. The lowest BCUT2D eigenvalue weighted by Crippen LogP contribution is -2.24. The zero-order chi connectivity index (χ0) is 14.3. The Morgan fingerprint density at radius 3 is 2.00 bits per heavy atom. The van der Waals surface area contributed by atoms with Crippen molar-refractivity contribution in [3.8, 4) is 0 Å². The van der Waals surface area contributed by atoms with Crippen LogP contribution in [0.15, 0.2) is 12.1 Å². The van der Waals surface area contributed by atoms with Gasteiger partial charge in [0.1, 0.15) is 0 Å². The lowest BCUT2D eigenvalue weighted by atomic mass is 9.80. The summed E-state index contributed by atoms with van der Waals surface area (Å²) in [5.41, 5.74) is 2.50. The summed E-state index contributed by atoms with van der Waals surface area (Å²) in [6.45, 7) is 4.67. The number of carboxylic acids is 1. The van der Waals surface area contributed by atoms with Crippen molar-refractivity contribution in [2.24, 2.45) is 0 Å². The molecule has 0 unspecified atom stereocenters. The highest BCUT2D eigenvalue weighted by atomic mass is 19.4. The zero-order valence-corrected chi connectivity index (χ0v) is 10.2. The molecule has 3 nitrogen and oxygen atoms in total. The minimum Gasteiger partial charge on any atom is -0.478 e. The first-order valence-electron chi connectivity index (χ1n) is 5.19. The number of nitrogens with two attached hydrogens (primary N) is 1. The highest BCUT2D eigenvalue weighted by molar-refractivity contribution is 5.91. The first-order valence-corrected chi connectivity index (χ1v) is 5.19. The number of rotatable bonds is 1. The number of hydrogen-bond donors (Lipinski definition) is 2. The molecule has 1 aromatic rings. The van der Waals surface area contributed by atoms with Gasteiger partial charge in [-0.05, 0) is 23.1 Å². The number of nitrogen functional groups attached to an aromatic ring is 1. The Kier molecular flexibility index (Phi) is 3.34. The van der Waals surface area contributed by atoms with Crippen LogP contribution in [0.25, 0.3) is 0 Å². The van der Waals surface area contributed by atoms with Crippen molar-refractivity contribution in [2.75, 3.05) is 5.73 Å². The van der Waals surface area contributed by atoms with Crippen LogP contribution in [0.1, 0.15) is 42.3 Å². The summed E-state index contributed by atoms with van der Waals surface area (Å²) in [6.07, 6.45) is -4.76. The predicted octanol–water partition coefficient (Wildman–Crippen LogP) is 3.28. The zero-order valence-electron chi connectivity index (χ0n) is 10.2. The van der Waals surface area contributed by atoms with Crippen LogP contribution >= 0.6 is 0 Å². The van der Waals surface area contributed by atoms with Gasteiger partial charge in [-0.15, -0.1) is 0 Å². The van der Waals surface area contributed by atoms with Gasteiger partial charge in [-0.3, -0.25) is 0 Å². The lowest BCUT2D eigenvalue weighted by Gasteiger charge is -2.27. The molecule has 0 heterocycles. The van der Waals surface area contributed by atoms with E-state index in [9.17, 15) is 18.0 Å². The largest absolute Gasteiger partial charge is 0.478 e. The first-order chi connectivity index (χ1) is 7.96. The van der Waals surface area contributed by atoms with Crippen molar-refractivity contribution in [3.05, 3.63) is 28.8 Å². The average molecular weight is 261 g/mol. The Morgan fingerprint density at radius 1 is 1.17 bits per heavy atom. The number of alkyl halides is 3. The van der Waals surface area contributed by atoms with Gasteiger partial charge in [-0.2, -0.15) is 13.2 Å². The molecule has 1 rings (SSSR count). The molecule has 100 valence electrons. The summed E-state index contributed by atoms with van der Waals surface area (Å²) < 4.78 is 39.2. The highest BCUT2D eigenvalue weighted by Gasteiger charge is 2.41. The van der Waals surface area contributed by atoms with Crippen LogP contribution < -0.4 is 5.73 Å². The number of anilines is 1. The molecule has 0 aliphatic carbocycles. The molecule has 0 amide bonds. The summed E-state index contributed by atoms with van der Waals surface area (Å²) in [7, 11) is 0. The second-order valence-electron chi connectivity index (χ2n) is 5.01. The van der Waals surface area contributed by atoms with E-state index in [0.717, 1.165) is 6.07 Å². The first kappa shape index (κ1) is 14.3. The molecule has 0 saturated carbocycles. The maximum absolute atomic E-state index is 13.1. The molecule has 0 aliphatic rings. The van der Waals surface area contributed by atoms with Crippen LogP contribution in [-0.2, 0) is 11.6 Å². The molecular formula is C12H14F3NO2. The molecule has 0 saturated heterocycles. The van der Waals surface area contributed by atoms with Crippen LogP contribution in [0.3, 0.4) is 0 Å². The van der Waals surface area contributed by atoms with Gasteiger partial charge >= 0.3 is 12.1 Å². The van der Waals surface area contributed by atoms with Gasteiger partial charge in [-0.25, -0.2) is 4.79 Å². The van der Waals surface area contributed by atoms with Gasteiger partial charge in [0, 0.05) is 5.69 Å². The Hall–Kier alpha value is -1.72. The van der Waals surface area contributed by atoms with E-state index in [0.29, 0.717) is 0 Å². The van der Waals surface area contributed by atoms with Crippen molar-refractivity contribution >= 4 is 11.7 Å². The van der Waals surface area contributed by atoms with Gasteiger partial charge in [0.15, 0.2) is 0 Å². The summed E-state index contributed by atoms with van der Waals surface area (Å²) in [5, 5.41) is 8.87. The van der Waals surface area contributed by atoms with Crippen LogP contribution in [0, 0.1) is 0 Å². The van der Waals surface area contributed by atoms with Crippen molar-refractivity contribution in [1.29, 1.82) is 0 Å². The fraction of sp³-hybridized carbons (Fsp3) is 0.417. The van der Waals surface area contributed by atoms with E-state index in [1.54, 1.807) is 20.8 Å². The van der Waals surface area contributed by atoms with Gasteiger partial charge in [-0.1, -0.05) is 20.8 Å². The fourth-order valence-corrected chi connectivity index (χ4v) is 1.90. The summed E-state index contributed by atoms with van der Waals surface area (Å²) in [5.74, 6) is -1.62. The highest BCUT2D eigenvalue weighted by Crippen LogP contribution is 2.42. The molecule has 18 heavy (non-hydrogen) atoms. The Labute approximate surface area is 102 Å². The third-order valence-electron chi connectivity index (χ3n) is 2.50. The summed E-state index contributed by atoms with van der Waals surface area (Å²) in [6, 6.07) is 2.08. The van der Waals surface area contributed by atoms with Gasteiger partial charge in [0.25, 0.3) is 0 Å². The average Bonchev–Trinajstić information content (AvgIpc) is 2.13. The van der Waals surface area contributed by atoms with E-state index in [2.05, 4.69) is 0 Å². The van der Waals surface area contributed by atoms with Crippen molar-refractivity contribution in [1.82, 2.24) is 0 Å². The van der Waals surface area contributed by atoms with E-state index >= 15 is 0 Å². The summed E-state index contributed by atoms with van der Waals surface area (Å²) >= 11 is 0. The molecule has 0 bridgehead atoms. The maximum Gasteiger partial charge on any atom is 0.417 e. The standard InChI is InChI=1S/C12H14F3NO2/c1-11(2,3)9-7(16)5-4-6(10(17)18)8(9)12(13,14)15/h4-5H,16H2,1-3H3,(H,17,18). The number of halogens is 3. The predicted molar refractivity (Wildman–Crippen MR) is 61.5 cm³/mol. The van der Waals surface area contributed by atoms with E-state index in [1.807, 2.05) is 0 Å². The summed E-state index contributed by atoms with van der Waals surface area (Å²) in [4.78, 5) is 10.9. The normalized spacial score (nSPS) is 12.6. The Morgan fingerprint density at radius 2 is 1.67 bits per heavy atom. The monoisotopic (exact) mass is 261 g/mol. The Balaban J connectivity index is 3.79. The topological polar surface area (TPSA) is 63.3 Å². The molecular weight excluding hydrogens is 247 g/mol. The van der Waals surface area contributed by atoms with Crippen LogP contribution in [0.2, 0.25) is 0 Å². The van der Waals surface area contributed by atoms with Gasteiger partial charge in [0.05, 0.1) is 11.1 Å². The second kappa shape index (κ2) is 4.19. The minimum absolute atomic E-state index is 0.0557. The minimum atomic E-state index is -4.76. The van der Waals surface area contributed by atoms with Crippen molar-refractivity contribution < 1.29 is 23.1 Å². The van der Waals surface area contributed by atoms with Gasteiger partial charge in [0.2, 0.25) is 0 Å². The molecule has 0 spiro atoms. The molecule has 0 atom stereocenters. The maximum atomic E-state index is 13.1. The third-order valence-corrected chi connectivity index (χ3v) is 2.50. The number of benzene rings is 1. The third kappa shape index (κ3) is 2.57. The molecule has 0 aromatic heterocycles. The lowest BCUT2D eigenvalue weighted by molar-refractivity contribution is -0.139. The van der Waals surface area contributed by atoms with Crippen LogP contribution in [0.4, 0.5) is 18.9 Å². The molecule has 0 fully saturated rings. The van der Waals surface area contributed by atoms with Crippen LogP contribution in [-0.4, -0.2) is 11.1 Å². The SMILES string of the molecule is CC(C)(C)c1c(N)ccc(C(=O)O)c1C(F)(F)F. The van der Waals surface area contributed by atoms with E-state index < -0.39 is 28.7 Å². The molecule has 0 aliphatic heterocycles. The fourth-order valence-electron chi connectivity index (χ4n) is 1.90. The van der Waals surface area contributed by atoms with Crippen molar-refractivity contribution in [3.63, 3.8) is 0 Å². The van der Waals surface area contributed by atoms with Crippen LogP contribution in [0.5, 0.6) is 0 Å². The number of carbonyl (C=O) groups is 1. The molecule has 0 radical (unpaired) electrons.